The zero-order chi connectivity index (χ0) is 22.6. The van der Waals surface area contributed by atoms with Crippen LogP contribution in [0.25, 0.3) is 0 Å². The van der Waals surface area contributed by atoms with E-state index in [2.05, 4.69) is 67.8 Å². The summed E-state index contributed by atoms with van der Waals surface area (Å²) >= 11 is 0. The van der Waals surface area contributed by atoms with Crippen LogP contribution in [0.3, 0.4) is 0 Å². The second kappa shape index (κ2) is 8.18. The van der Waals surface area contributed by atoms with Gasteiger partial charge in [0.05, 0.1) is 12.0 Å². The predicted octanol–water partition coefficient (Wildman–Crippen LogP) is 3.79. The molecule has 1 N–H and O–H groups in total. The van der Waals surface area contributed by atoms with Crippen LogP contribution in [0.4, 0.5) is 5.69 Å². The molecule has 0 aromatic heterocycles. The average Bonchev–Trinajstić information content (AvgIpc) is 3.05. The van der Waals surface area contributed by atoms with Crippen molar-refractivity contribution in [3.05, 3.63) is 41.5 Å². The Hall–Kier alpha value is -1.85. The summed E-state index contributed by atoms with van der Waals surface area (Å²) in [6.07, 6.45) is 4.57. The predicted molar refractivity (Wildman–Crippen MR) is 126 cm³/mol. The maximum absolute atomic E-state index is 13.0. The van der Waals surface area contributed by atoms with Gasteiger partial charge in [-0.25, -0.2) is 0 Å². The van der Waals surface area contributed by atoms with Gasteiger partial charge in [-0.2, -0.15) is 0 Å². The van der Waals surface area contributed by atoms with Crippen molar-refractivity contribution >= 4 is 11.7 Å². The highest BCUT2D eigenvalue weighted by Crippen LogP contribution is 2.56. The molecule has 0 unspecified atom stereocenters. The van der Waals surface area contributed by atoms with E-state index in [1.165, 1.54) is 16.8 Å². The van der Waals surface area contributed by atoms with Crippen molar-refractivity contribution in [3.8, 4) is 0 Å². The molecule has 0 radical (unpaired) electrons. The van der Waals surface area contributed by atoms with Gasteiger partial charge in [0.1, 0.15) is 6.10 Å². The molecule has 3 fully saturated rings. The maximum Gasteiger partial charge on any atom is 0.311 e. The van der Waals surface area contributed by atoms with Gasteiger partial charge in [0.15, 0.2) is 0 Å². The molecule has 0 bridgehead atoms. The molecule has 1 aromatic rings. The number of fused-ring (bicyclic) bond motifs is 2. The summed E-state index contributed by atoms with van der Waals surface area (Å²) in [5, 5.41) is 11.6. The number of piperazine rings is 1. The Balaban J connectivity index is 1.30. The van der Waals surface area contributed by atoms with Crippen LogP contribution in [0.15, 0.2) is 35.9 Å². The minimum Gasteiger partial charge on any atom is -0.461 e. The summed E-state index contributed by atoms with van der Waals surface area (Å²) in [7, 11) is 0. The molecule has 174 valence electrons. The highest BCUT2D eigenvalue weighted by atomic mass is 16.6. The van der Waals surface area contributed by atoms with E-state index >= 15 is 0 Å². The van der Waals surface area contributed by atoms with E-state index < -0.39 is 6.10 Å². The molecule has 32 heavy (non-hydrogen) atoms. The highest BCUT2D eigenvalue weighted by Gasteiger charge is 2.59. The van der Waals surface area contributed by atoms with Crippen molar-refractivity contribution in [2.24, 2.45) is 23.2 Å². The summed E-state index contributed by atoms with van der Waals surface area (Å²) in [5.41, 5.74) is 3.63. The Morgan fingerprint density at radius 3 is 2.81 bits per heavy atom. The smallest absolute Gasteiger partial charge is 0.311 e. The van der Waals surface area contributed by atoms with Gasteiger partial charge in [0.25, 0.3) is 0 Å². The molecule has 2 heterocycles. The van der Waals surface area contributed by atoms with Crippen molar-refractivity contribution < 1.29 is 14.6 Å². The summed E-state index contributed by atoms with van der Waals surface area (Å²) < 4.78 is 5.87. The van der Waals surface area contributed by atoms with Gasteiger partial charge >= 0.3 is 5.97 Å². The minimum absolute atomic E-state index is 0.102. The van der Waals surface area contributed by atoms with Gasteiger partial charge in [-0.1, -0.05) is 37.6 Å². The van der Waals surface area contributed by atoms with Gasteiger partial charge < -0.3 is 14.7 Å². The number of aliphatic hydroxyl groups excluding tert-OH is 1. The number of hydrogen-bond acceptors (Lipinski definition) is 5. The third-order valence-electron chi connectivity index (χ3n) is 9.07. The van der Waals surface area contributed by atoms with Crippen molar-refractivity contribution in [3.63, 3.8) is 0 Å². The Morgan fingerprint density at radius 1 is 1.25 bits per heavy atom. The Labute approximate surface area is 192 Å². The van der Waals surface area contributed by atoms with Crippen molar-refractivity contribution in [1.29, 1.82) is 0 Å². The molecule has 0 spiro atoms. The molecule has 2 saturated heterocycles. The molecular weight excluding hydrogens is 400 g/mol. The summed E-state index contributed by atoms with van der Waals surface area (Å²) in [6, 6.07) is 9.07. The number of carbonyl (C=O) groups excluding carboxylic acids is 1. The van der Waals surface area contributed by atoms with Crippen LogP contribution in [0.2, 0.25) is 0 Å². The Kier molecular flexibility index (Phi) is 5.61. The lowest BCUT2D eigenvalue weighted by Crippen LogP contribution is -2.56. The lowest BCUT2D eigenvalue weighted by Gasteiger charge is -2.52. The van der Waals surface area contributed by atoms with Crippen LogP contribution in [0, 0.1) is 30.1 Å². The number of rotatable bonds is 3. The quantitative estimate of drug-likeness (QED) is 0.575. The van der Waals surface area contributed by atoms with Crippen LogP contribution in [0.1, 0.15) is 45.6 Å². The van der Waals surface area contributed by atoms with E-state index in [1.807, 2.05) is 0 Å². The third kappa shape index (κ3) is 3.49. The molecule has 2 aliphatic carbocycles. The topological polar surface area (TPSA) is 53.0 Å². The van der Waals surface area contributed by atoms with Crippen LogP contribution in [-0.4, -0.2) is 60.4 Å². The molecule has 5 nitrogen and oxygen atoms in total. The fourth-order valence-corrected chi connectivity index (χ4v) is 6.94. The minimum atomic E-state index is -0.523. The fraction of sp³-hybridized carbons (Fsp3) is 0.667. The van der Waals surface area contributed by atoms with Crippen LogP contribution in [-0.2, 0) is 9.53 Å². The summed E-state index contributed by atoms with van der Waals surface area (Å²) in [5.74, 6) is -0.0217. The molecule has 0 amide bonds. The number of anilines is 1. The Morgan fingerprint density at radius 2 is 2.06 bits per heavy atom. The second-order valence-electron chi connectivity index (χ2n) is 10.9. The van der Waals surface area contributed by atoms with E-state index in [-0.39, 0.29) is 29.3 Å². The first-order chi connectivity index (χ1) is 15.3. The maximum atomic E-state index is 13.0. The zero-order valence-electron chi connectivity index (χ0n) is 20.0. The van der Waals surface area contributed by atoms with E-state index in [0.29, 0.717) is 18.5 Å². The van der Waals surface area contributed by atoms with Gasteiger partial charge in [0, 0.05) is 55.7 Å². The van der Waals surface area contributed by atoms with Gasteiger partial charge in [-0.15, -0.1) is 0 Å². The first kappa shape index (κ1) is 22.0. The molecule has 1 aromatic carbocycles. The number of aryl methyl sites for hydroxylation is 1. The standard InChI is InChI=1S/C27H38N2O3/c1-17-7-5-10-21(13-17)29-12-11-28(15-19(29)3)16-22-24-23(32-26(22)31)14-20-9-6-8-18(2)27(20,4)25(24)30/h5,7,9-10,13,18-19,22-25,30H,6,8,11-12,14-16H2,1-4H3/t18-,19-,22-,23+,24+,25+,27+/m0/s1. The highest BCUT2D eigenvalue weighted by molar-refractivity contribution is 5.76. The molecule has 1 saturated carbocycles. The molecule has 7 atom stereocenters. The largest absolute Gasteiger partial charge is 0.461 e. The van der Waals surface area contributed by atoms with E-state index in [9.17, 15) is 9.90 Å². The lowest BCUT2D eigenvalue weighted by atomic mass is 9.55. The first-order valence-electron chi connectivity index (χ1n) is 12.4. The zero-order valence-corrected chi connectivity index (χ0v) is 20.0. The van der Waals surface area contributed by atoms with Gasteiger partial charge in [-0.3, -0.25) is 9.69 Å². The van der Waals surface area contributed by atoms with E-state index in [4.69, 9.17) is 4.74 Å². The van der Waals surface area contributed by atoms with Crippen molar-refractivity contribution in [2.45, 2.75) is 65.2 Å². The molecule has 2 aliphatic heterocycles. The van der Waals surface area contributed by atoms with Crippen LogP contribution >= 0.6 is 0 Å². The van der Waals surface area contributed by atoms with Crippen LogP contribution in [0.5, 0.6) is 0 Å². The fourth-order valence-electron chi connectivity index (χ4n) is 6.94. The number of esters is 1. The van der Waals surface area contributed by atoms with E-state index in [0.717, 1.165) is 38.9 Å². The second-order valence-corrected chi connectivity index (χ2v) is 10.9. The van der Waals surface area contributed by atoms with Crippen molar-refractivity contribution in [2.75, 3.05) is 31.1 Å². The molecule has 5 rings (SSSR count). The number of carbonyl (C=O) groups is 1. The van der Waals surface area contributed by atoms with Gasteiger partial charge in [-0.05, 0) is 50.3 Å². The summed E-state index contributed by atoms with van der Waals surface area (Å²) in [6.45, 7) is 12.4. The van der Waals surface area contributed by atoms with Gasteiger partial charge in [0.2, 0.25) is 0 Å². The normalized spacial score (nSPS) is 39.8. The Bertz CT molecular complexity index is 914. The number of nitrogens with zero attached hydrogens (tertiary/aromatic N) is 2. The van der Waals surface area contributed by atoms with E-state index in [1.54, 1.807) is 0 Å². The SMILES string of the molecule is Cc1cccc(N2CCN(C[C@@H]3C(=O)O[C@@H]4CC5=CCC[C@H](C)[C@@]5(C)[C@H](O)[C@H]34)C[C@@H]2C)c1. The number of hydrogen-bond donors (Lipinski definition) is 1. The van der Waals surface area contributed by atoms with Crippen LogP contribution < -0.4 is 4.90 Å². The lowest BCUT2D eigenvalue weighted by molar-refractivity contribution is -0.145. The third-order valence-corrected chi connectivity index (χ3v) is 9.07. The van der Waals surface area contributed by atoms with Crippen molar-refractivity contribution in [1.82, 2.24) is 4.90 Å². The molecule has 5 heteroatoms. The molecule has 4 aliphatic rings. The number of benzene rings is 1. The number of aliphatic hydroxyl groups is 1. The number of ether oxygens (including phenoxy) is 1. The molecular formula is C27H38N2O3. The first-order valence-corrected chi connectivity index (χ1v) is 12.4. The number of allylic oxidation sites excluding steroid dienone is 1. The monoisotopic (exact) mass is 438 g/mol. The summed E-state index contributed by atoms with van der Waals surface area (Å²) in [4.78, 5) is 17.8. The average molecular weight is 439 g/mol.